The Morgan fingerprint density at radius 2 is 1.21 bits per heavy atom. The minimum absolute atomic E-state index is 0.0290. The van der Waals surface area contributed by atoms with Gasteiger partial charge < -0.3 is 34.2 Å². The van der Waals surface area contributed by atoms with E-state index in [1.54, 1.807) is 16.9 Å². The van der Waals surface area contributed by atoms with Crippen molar-refractivity contribution in [3.05, 3.63) is 58.7 Å². The third-order valence-electron chi connectivity index (χ3n) is 8.57. The number of methoxy groups -OCH3 is 1. The van der Waals surface area contributed by atoms with Crippen LogP contribution in [-0.2, 0) is 23.9 Å². The molecule has 0 radical (unpaired) electrons. The zero-order chi connectivity index (χ0) is 33.0. The van der Waals surface area contributed by atoms with Gasteiger partial charge in [-0.15, -0.1) is 0 Å². The van der Waals surface area contributed by atoms with Crippen molar-refractivity contribution in [2.24, 2.45) is 10.3 Å². The van der Waals surface area contributed by atoms with Crippen LogP contribution in [0.15, 0.2) is 46.7 Å². The van der Waals surface area contributed by atoms with E-state index in [0.29, 0.717) is 96.3 Å². The number of nitrogens with zero attached hydrogens (tertiary/aromatic N) is 4. The summed E-state index contributed by atoms with van der Waals surface area (Å²) in [6, 6.07) is 12.2. The van der Waals surface area contributed by atoms with Gasteiger partial charge in [0, 0.05) is 59.0 Å². The molecule has 0 atom stereocenters. The average molecular weight is 653 g/mol. The van der Waals surface area contributed by atoms with Crippen LogP contribution in [0.4, 0.5) is 9.59 Å². The quantitative estimate of drug-likeness (QED) is 0.187. The highest BCUT2D eigenvalue weighted by Gasteiger charge is 2.30. The first-order chi connectivity index (χ1) is 23.0. The lowest BCUT2D eigenvalue weighted by atomic mass is 9.92. The van der Waals surface area contributed by atoms with Gasteiger partial charge in [0.25, 0.3) is 0 Å². The van der Waals surface area contributed by atoms with Crippen LogP contribution in [0.25, 0.3) is 11.1 Å². The lowest BCUT2D eigenvalue weighted by Gasteiger charge is -2.24. The summed E-state index contributed by atoms with van der Waals surface area (Å²) in [5.74, 6) is 0.0945. The summed E-state index contributed by atoms with van der Waals surface area (Å²) >= 11 is 0. The van der Waals surface area contributed by atoms with Crippen molar-refractivity contribution in [2.45, 2.75) is 38.0 Å². The lowest BCUT2D eigenvalue weighted by molar-refractivity contribution is 0.0278. The molecule has 2 aliphatic heterocycles. The molecule has 2 saturated heterocycles. The van der Waals surface area contributed by atoms with Crippen LogP contribution in [-0.4, -0.2) is 123 Å². The van der Waals surface area contributed by atoms with Crippen LogP contribution in [0.5, 0.6) is 0 Å². The molecular formula is C34H44N4O9. The Morgan fingerprint density at radius 1 is 0.766 bits per heavy atom. The molecule has 2 aromatic rings. The number of benzene rings is 2. The van der Waals surface area contributed by atoms with Gasteiger partial charge in [0.15, 0.2) is 0 Å². The Balaban J connectivity index is 1.47. The average Bonchev–Trinajstić information content (AvgIpc) is 3.43. The summed E-state index contributed by atoms with van der Waals surface area (Å²) in [7, 11) is 1.69. The summed E-state index contributed by atoms with van der Waals surface area (Å²) in [4.78, 5) is 39.2. The maximum absolute atomic E-state index is 12.7. The molecule has 2 aromatic carbocycles. The molecular weight excluding hydrogens is 608 g/mol. The van der Waals surface area contributed by atoms with Crippen LogP contribution in [0.1, 0.15) is 60.3 Å². The number of fused-ring (bicyclic) bond motifs is 3. The van der Waals surface area contributed by atoms with Crippen molar-refractivity contribution in [1.29, 1.82) is 0 Å². The minimum Gasteiger partial charge on any atom is -0.396 e. The predicted molar refractivity (Wildman–Crippen MR) is 174 cm³/mol. The van der Waals surface area contributed by atoms with E-state index >= 15 is 0 Å². The molecule has 254 valence electrons. The van der Waals surface area contributed by atoms with E-state index in [2.05, 4.69) is 22.4 Å². The molecule has 47 heavy (non-hydrogen) atoms. The summed E-state index contributed by atoms with van der Waals surface area (Å²) in [6.07, 6.45) is 1.45. The molecule has 2 amide bonds. The molecule has 1 aliphatic carbocycles. The van der Waals surface area contributed by atoms with E-state index in [4.69, 9.17) is 23.9 Å². The topological polar surface area (TPSA) is 152 Å². The maximum atomic E-state index is 12.7. The highest BCUT2D eigenvalue weighted by molar-refractivity contribution is 6.04. The number of aliphatic hydroxyl groups is 2. The number of amides is 2. The van der Waals surface area contributed by atoms with E-state index in [9.17, 15) is 19.8 Å². The normalized spacial score (nSPS) is 17.0. The second-order valence-electron chi connectivity index (χ2n) is 11.6. The Hall–Kier alpha value is -3.88. The predicted octanol–water partition coefficient (Wildman–Crippen LogP) is 3.73. The lowest BCUT2D eigenvalue weighted by Crippen LogP contribution is -2.40. The third kappa shape index (κ3) is 8.73. The molecule has 0 saturated carbocycles. The fourth-order valence-corrected chi connectivity index (χ4v) is 6.03. The van der Waals surface area contributed by atoms with Crippen LogP contribution < -0.4 is 0 Å². The maximum Gasteiger partial charge on any atom is 0.436 e. The molecule has 13 nitrogen and oxygen atoms in total. The van der Waals surface area contributed by atoms with E-state index in [1.807, 2.05) is 24.3 Å². The van der Waals surface area contributed by atoms with Gasteiger partial charge in [-0.25, -0.2) is 9.59 Å². The molecule has 13 heteroatoms. The largest absolute Gasteiger partial charge is 0.436 e. The Labute approximate surface area is 274 Å². The van der Waals surface area contributed by atoms with E-state index in [1.165, 1.54) is 0 Å². The summed E-state index contributed by atoms with van der Waals surface area (Å²) in [6.45, 7) is 4.10. The second kappa shape index (κ2) is 17.3. The van der Waals surface area contributed by atoms with Gasteiger partial charge in [0.05, 0.1) is 37.9 Å². The molecule has 2 heterocycles. The standard InChI is InChI=1S/C34H44N4O9/c1-43-17-10-28-26-8-6-24(31(4-2-15-39)35-46-33(41)37-11-18-44-19-12-37)22-29(26)30-23-25(7-9-27(28)30)32(5-3-16-40)36-47-34(42)38-13-20-45-21-14-38/h6-9,22-23,28,39-40H,2-5,10-21H2,1H3/b35-31+,36-32+. The van der Waals surface area contributed by atoms with E-state index < -0.39 is 12.2 Å². The number of oxime groups is 2. The first-order valence-electron chi connectivity index (χ1n) is 16.2. The Bertz CT molecular complexity index is 1330. The first-order valence-corrected chi connectivity index (χ1v) is 16.2. The minimum atomic E-state index is -0.533. The summed E-state index contributed by atoms with van der Waals surface area (Å²) in [5, 5.41) is 27.7. The van der Waals surface area contributed by atoms with Crippen molar-refractivity contribution in [3.8, 4) is 11.1 Å². The monoisotopic (exact) mass is 652 g/mol. The Morgan fingerprint density at radius 3 is 1.62 bits per heavy atom. The number of rotatable bonds is 13. The van der Waals surface area contributed by atoms with Crippen molar-refractivity contribution < 1.29 is 43.7 Å². The number of hydrogen-bond donors (Lipinski definition) is 2. The fourth-order valence-electron chi connectivity index (χ4n) is 6.03. The first kappa shape index (κ1) is 34.5. The van der Waals surface area contributed by atoms with Gasteiger partial charge in [-0.3, -0.25) is 9.68 Å². The third-order valence-corrected chi connectivity index (χ3v) is 8.57. The van der Waals surface area contributed by atoms with Crippen LogP contribution in [0.3, 0.4) is 0 Å². The van der Waals surface area contributed by atoms with E-state index in [0.717, 1.165) is 39.8 Å². The highest BCUT2D eigenvalue weighted by atomic mass is 16.7. The van der Waals surface area contributed by atoms with Gasteiger partial charge >= 0.3 is 12.2 Å². The SMILES string of the molecule is COCCC1c2ccc(/C(CCCO)=N/OC(=O)N3CCOCC3)cc2-c2cc(/C(CCCO)=N/OC(=O)N3CCOCC3)ccc21. The molecule has 0 aromatic heterocycles. The zero-order valence-corrected chi connectivity index (χ0v) is 26.9. The smallest absolute Gasteiger partial charge is 0.396 e. The number of ether oxygens (including phenoxy) is 3. The van der Waals surface area contributed by atoms with Crippen molar-refractivity contribution in [2.75, 3.05) is 79.5 Å². The van der Waals surface area contributed by atoms with Gasteiger partial charge in [0.1, 0.15) is 0 Å². The number of aliphatic hydroxyl groups excluding tert-OH is 2. The number of carbonyl (C=O) groups excluding carboxylic acids is 2. The summed E-state index contributed by atoms with van der Waals surface area (Å²) < 4.78 is 16.1. The fraction of sp³-hybridized carbons (Fsp3) is 0.529. The molecule has 2 fully saturated rings. The number of carbonyl (C=O) groups is 2. The highest BCUT2D eigenvalue weighted by Crippen LogP contribution is 2.47. The van der Waals surface area contributed by atoms with Crippen LogP contribution >= 0.6 is 0 Å². The Kier molecular flexibility index (Phi) is 12.7. The number of morpholine rings is 2. The molecule has 0 unspecified atom stereocenters. The molecule has 2 N–H and O–H groups in total. The van der Waals surface area contributed by atoms with Gasteiger partial charge in [-0.2, -0.15) is 0 Å². The van der Waals surface area contributed by atoms with Gasteiger partial charge in [-0.05, 0) is 77.6 Å². The van der Waals surface area contributed by atoms with Crippen LogP contribution in [0, 0.1) is 0 Å². The molecule has 0 spiro atoms. The molecule has 0 bridgehead atoms. The van der Waals surface area contributed by atoms with Crippen molar-refractivity contribution >= 4 is 23.6 Å². The summed E-state index contributed by atoms with van der Waals surface area (Å²) in [5.41, 5.74) is 6.96. The zero-order valence-electron chi connectivity index (χ0n) is 26.9. The van der Waals surface area contributed by atoms with Gasteiger partial charge in [0.2, 0.25) is 0 Å². The number of hydrogen-bond acceptors (Lipinski definition) is 11. The van der Waals surface area contributed by atoms with Gasteiger partial charge in [-0.1, -0.05) is 34.6 Å². The van der Waals surface area contributed by atoms with Crippen molar-refractivity contribution in [1.82, 2.24) is 9.80 Å². The van der Waals surface area contributed by atoms with Crippen molar-refractivity contribution in [3.63, 3.8) is 0 Å². The van der Waals surface area contributed by atoms with Crippen LogP contribution in [0.2, 0.25) is 0 Å². The van der Waals surface area contributed by atoms with E-state index in [-0.39, 0.29) is 19.1 Å². The molecule has 3 aliphatic rings. The molecule has 5 rings (SSSR count). The second-order valence-corrected chi connectivity index (χ2v) is 11.6.